The minimum atomic E-state index is -1.58. The van der Waals surface area contributed by atoms with Crippen LogP contribution in [0.4, 0.5) is 0 Å². The van der Waals surface area contributed by atoms with Gasteiger partial charge in [0.2, 0.25) is 0 Å². The second kappa shape index (κ2) is 5.17. The average molecular weight is 337 g/mol. The fourth-order valence-corrected chi connectivity index (χ4v) is 7.00. The number of hydrogen-bond donors (Lipinski definition) is 0. The molecule has 124 valence electrons. The molecule has 0 spiro atoms. The largest absolute Gasteiger partial charge is 0.412 e. The van der Waals surface area contributed by atoms with Crippen LogP contribution in [-0.4, -0.2) is 28.8 Å². The Balaban J connectivity index is 1.98. The van der Waals surface area contributed by atoms with Crippen LogP contribution in [0.15, 0.2) is 24.3 Å². The molecule has 22 heavy (non-hydrogen) atoms. The summed E-state index contributed by atoms with van der Waals surface area (Å²) in [6, 6.07) is 0. The van der Waals surface area contributed by atoms with Crippen LogP contribution in [0, 0.1) is 10.8 Å². The lowest BCUT2D eigenvalue weighted by atomic mass is 9.39. The van der Waals surface area contributed by atoms with Crippen molar-refractivity contribution in [2.45, 2.75) is 77.2 Å². The van der Waals surface area contributed by atoms with Gasteiger partial charge in [-0.05, 0) is 65.0 Å². The maximum absolute atomic E-state index is 6.72. The fraction of sp³-hybridized carbons (Fsp3) is 0.778. The van der Waals surface area contributed by atoms with Gasteiger partial charge in [0.15, 0.2) is 16.6 Å². The molecule has 3 aliphatic carbocycles. The van der Waals surface area contributed by atoms with Crippen molar-refractivity contribution in [2.75, 3.05) is 0 Å². The normalized spacial score (nSPS) is 40.8. The molecule has 2 nitrogen and oxygen atoms in total. The molecule has 3 aliphatic rings. The average Bonchev–Trinajstić information content (AvgIpc) is 2.40. The quantitative estimate of drug-likeness (QED) is 0.524. The highest BCUT2D eigenvalue weighted by Gasteiger charge is 2.72. The van der Waals surface area contributed by atoms with Crippen molar-refractivity contribution in [3.05, 3.63) is 24.3 Å². The molecule has 2 atom stereocenters. The summed E-state index contributed by atoms with van der Waals surface area (Å²) in [5, 5.41) is 0. The Labute approximate surface area is 138 Å². The van der Waals surface area contributed by atoms with Crippen LogP contribution in [-0.2, 0) is 8.85 Å². The molecule has 0 N–H and O–H groups in total. The van der Waals surface area contributed by atoms with Crippen LogP contribution in [0.1, 0.15) is 25.7 Å². The summed E-state index contributed by atoms with van der Waals surface area (Å²) >= 11 is 0. The first-order valence-electron chi connectivity index (χ1n) is 8.75. The maximum Gasteiger partial charge on any atom is 0.184 e. The molecule has 0 heterocycles. The Hall–Kier alpha value is -0.166. The summed E-state index contributed by atoms with van der Waals surface area (Å²) < 4.78 is 13.4. The number of rotatable bonds is 4. The van der Waals surface area contributed by atoms with Crippen molar-refractivity contribution in [3.8, 4) is 0 Å². The highest BCUT2D eigenvalue weighted by molar-refractivity contribution is 6.70. The molecule has 0 aliphatic heterocycles. The van der Waals surface area contributed by atoms with Crippen molar-refractivity contribution in [2.24, 2.45) is 10.8 Å². The molecule has 3 rings (SSSR count). The van der Waals surface area contributed by atoms with E-state index in [0.29, 0.717) is 23.0 Å². The van der Waals surface area contributed by atoms with Crippen LogP contribution in [0.2, 0.25) is 39.3 Å². The molecular weight excluding hydrogens is 304 g/mol. The van der Waals surface area contributed by atoms with Gasteiger partial charge >= 0.3 is 0 Å². The van der Waals surface area contributed by atoms with E-state index >= 15 is 0 Å². The van der Waals surface area contributed by atoms with Crippen molar-refractivity contribution in [1.29, 1.82) is 0 Å². The molecule has 0 bridgehead atoms. The topological polar surface area (TPSA) is 18.5 Å². The summed E-state index contributed by atoms with van der Waals surface area (Å²) in [4.78, 5) is 0. The van der Waals surface area contributed by atoms with E-state index < -0.39 is 16.6 Å². The zero-order valence-corrected chi connectivity index (χ0v) is 17.1. The Kier molecular flexibility index (Phi) is 3.92. The predicted octanol–water partition coefficient (Wildman–Crippen LogP) is 5.11. The van der Waals surface area contributed by atoms with E-state index in [9.17, 15) is 0 Å². The van der Waals surface area contributed by atoms with Crippen LogP contribution < -0.4 is 0 Å². The third kappa shape index (κ3) is 2.52. The Morgan fingerprint density at radius 2 is 0.909 bits per heavy atom. The summed E-state index contributed by atoms with van der Waals surface area (Å²) in [6.45, 7) is 13.9. The van der Waals surface area contributed by atoms with Crippen LogP contribution in [0.25, 0.3) is 0 Å². The minimum Gasteiger partial charge on any atom is -0.412 e. The van der Waals surface area contributed by atoms with Crippen molar-refractivity contribution < 1.29 is 8.85 Å². The smallest absolute Gasteiger partial charge is 0.184 e. The third-order valence-corrected chi connectivity index (χ3v) is 7.50. The third-order valence-electron chi connectivity index (χ3n) is 5.58. The summed E-state index contributed by atoms with van der Waals surface area (Å²) in [5.41, 5.74) is 0.586. The lowest BCUT2D eigenvalue weighted by molar-refractivity contribution is -0.267. The molecular formula is C18H32O2Si2. The van der Waals surface area contributed by atoms with Gasteiger partial charge in [-0.25, -0.2) is 0 Å². The molecule has 0 amide bonds. The van der Waals surface area contributed by atoms with Gasteiger partial charge in [0.25, 0.3) is 0 Å². The first-order chi connectivity index (χ1) is 10.1. The number of hydrogen-bond acceptors (Lipinski definition) is 2. The maximum atomic E-state index is 6.72. The van der Waals surface area contributed by atoms with Crippen LogP contribution >= 0.6 is 0 Å². The minimum absolute atomic E-state index is 0.292. The van der Waals surface area contributed by atoms with E-state index in [1.54, 1.807) is 0 Å². The van der Waals surface area contributed by atoms with Gasteiger partial charge in [0, 0.05) is 10.8 Å². The van der Waals surface area contributed by atoms with Crippen molar-refractivity contribution in [1.82, 2.24) is 0 Å². The van der Waals surface area contributed by atoms with Crippen molar-refractivity contribution in [3.63, 3.8) is 0 Å². The summed E-state index contributed by atoms with van der Waals surface area (Å²) in [5.74, 6) is 0. The zero-order valence-electron chi connectivity index (χ0n) is 15.1. The number of allylic oxidation sites excluding steroid dienone is 4. The van der Waals surface area contributed by atoms with Gasteiger partial charge in [-0.1, -0.05) is 24.3 Å². The Morgan fingerprint density at radius 3 is 1.14 bits per heavy atom. The lowest BCUT2D eigenvalue weighted by Crippen LogP contribution is -2.76. The lowest BCUT2D eigenvalue weighted by Gasteiger charge is -2.72. The Morgan fingerprint density at radius 1 is 0.636 bits per heavy atom. The fourth-order valence-electron chi connectivity index (χ4n) is 4.78. The predicted molar refractivity (Wildman–Crippen MR) is 98.1 cm³/mol. The van der Waals surface area contributed by atoms with Gasteiger partial charge in [-0.2, -0.15) is 0 Å². The van der Waals surface area contributed by atoms with Crippen molar-refractivity contribution >= 4 is 16.6 Å². The first-order valence-corrected chi connectivity index (χ1v) is 15.6. The first kappa shape index (κ1) is 16.7. The zero-order chi connectivity index (χ0) is 16.2. The summed E-state index contributed by atoms with van der Waals surface area (Å²) in [7, 11) is -3.16. The molecule has 0 aromatic rings. The second-order valence-electron chi connectivity index (χ2n) is 9.37. The summed E-state index contributed by atoms with van der Waals surface area (Å²) in [6.07, 6.45) is 14.8. The highest BCUT2D eigenvalue weighted by atomic mass is 28.4. The second-order valence-corrected chi connectivity index (χ2v) is 18.3. The molecule has 0 saturated heterocycles. The highest BCUT2D eigenvalue weighted by Crippen LogP contribution is 2.70. The molecule has 1 saturated carbocycles. The SMILES string of the molecule is C[Si](C)(C)OC1C(O[Si](C)(C)C)C23CC=CCC12CC=CC3. The molecule has 0 aromatic heterocycles. The van der Waals surface area contributed by atoms with Gasteiger partial charge in [-0.15, -0.1) is 0 Å². The van der Waals surface area contributed by atoms with Gasteiger partial charge in [0.1, 0.15) is 0 Å². The standard InChI is InChI=1S/C18H32O2Si2/c1-21(2,3)19-15-16(20-22(4,5)6)18-13-9-7-11-17(15,18)12-8-10-14-18/h7-10,15-16H,11-14H2,1-6H3. The van der Waals surface area contributed by atoms with E-state index in [1.807, 2.05) is 0 Å². The molecule has 2 unspecified atom stereocenters. The molecule has 1 fully saturated rings. The molecule has 4 heteroatoms. The molecule has 0 aromatic carbocycles. The Bertz CT molecular complexity index is 434. The van der Waals surface area contributed by atoms with E-state index in [4.69, 9.17) is 8.85 Å². The van der Waals surface area contributed by atoms with Crippen LogP contribution in [0.5, 0.6) is 0 Å². The van der Waals surface area contributed by atoms with Gasteiger partial charge in [0.05, 0.1) is 12.2 Å². The van der Waals surface area contributed by atoms with E-state index in [0.717, 1.165) is 25.7 Å². The van der Waals surface area contributed by atoms with E-state index in [-0.39, 0.29) is 0 Å². The van der Waals surface area contributed by atoms with E-state index in [2.05, 4.69) is 63.6 Å². The monoisotopic (exact) mass is 336 g/mol. The van der Waals surface area contributed by atoms with Crippen LogP contribution in [0.3, 0.4) is 0 Å². The molecule has 0 radical (unpaired) electrons. The van der Waals surface area contributed by atoms with Gasteiger partial charge in [-0.3, -0.25) is 0 Å². The van der Waals surface area contributed by atoms with Gasteiger partial charge < -0.3 is 8.85 Å². The van der Waals surface area contributed by atoms with E-state index in [1.165, 1.54) is 0 Å².